The summed E-state index contributed by atoms with van der Waals surface area (Å²) in [6, 6.07) is 17.5. The van der Waals surface area contributed by atoms with Crippen LogP contribution in [-0.2, 0) is 16.1 Å². The van der Waals surface area contributed by atoms with Crippen LogP contribution in [0, 0.1) is 0 Å². The first-order valence-corrected chi connectivity index (χ1v) is 6.98. The number of carbonyl (C=O) groups is 1. The van der Waals surface area contributed by atoms with Crippen molar-refractivity contribution in [1.29, 1.82) is 0 Å². The van der Waals surface area contributed by atoms with Crippen LogP contribution in [0.15, 0.2) is 60.7 Å². The zero-order valence-corrected chi connectivity index (χ0v) is 11.6. The van der Waals surface area contributed by atoms with E-state index in [9.17, 15) is 4.79 Å². The van der Waals surface area contributed by atoms with Gasteiger partial charge in [-0.2, -0.15) is 0 Å². The zero-order valence-electron chi connectivity index (χ0n) is 11.6. The summed E-state index contributed by atoms with van der Waals surface area (Å²) < 4.78 is 10.9. The number of benzene rings is 2. The van der Waals surface area contributed by atoms with Gasteiger partial charge < -0.3 is 9.47 Å². The molecule has 3 heteroatoms. The van der Waals surface area contributed by atoms with Gasteiger partial charge in [-0.3, -0.25) is 0 Å². The molecule has 0 saturated carbocycles. The molecule has 1 aliphatic rings. The Hall–Kier alpha value is -2.39. The summed E-state index contributed by atoms with van der Waals surface area (Å²) in [6.07, 6.45) is 2.62. The van der Waals surface area contributed by atoms with Gasteiger partial charge in [0.2, 0.25) is 0 Å². The Balaban J connectivity index is 1.53. The summed E-state index contributed by atoms with van der Waals surface area (Å²) in [5.41, 5.74) is 2.65. The molecule has 0 N–H and O–H groups in total. The molecule has 0 amide bonds. The molecule has 21 heavy (non-hydrogen) atoms. The number of fused-ring (bicyclic) bond motifs is 1. The highest BCUT2D eigenvalue weighted by Gasteiger charge is 2.24. The summed E-state index contributed by atoms with van der Waals surface area (Å²) in [5, 5.41) is 0. The largest absolute Gasteiger partial charge is 0.423 e. The molecule has 2 aromatic carbocycles. The molecular formula is C18H16O3. The summed E-state index contributed by atoms with van der Waals surface area (Å²) in [6.45, 7) is 1.19. The van der Waals surface area contributed by atoms with Crippen molar-refractivity contribution in [1.82, 2.24) is 0 Å². The summed E-state index contributed by atoms with van der Waals surface area (Å²) in [7, 11) is 0. The molecule has 0 aliphatic carbocycles. The summed E-state index contributed by atoms with van der Waals surface area (Å²) in [5.74, 6) is 0.362. The molecule has 1 heterocycles. The van der Waals surface area contributed by atoms with E-state index in [0.717, 1.165) is 11.1 Å². The SMILES string of the molecule is O=C1OC(=CCCOCc2ccccc2)c2ccccc21. The average molecular weight is 280 g/mol. The van der Waals surface area contributed by atoms with E-state index >= 15 is 0 Å². The van der Waals surface area contributed by atoms with Gasteiger partial charge in [0.05, 0.1) is 18.8 Å². The van der Waals surface area contributed by atoms with Crippen LogP contribution in [0.25, 0.3) is 5.76 Å². The fourth-order valence-corrected chi connectivity index (χ4v) is 2.28. The van der Waals surface area contributed by atoms with E-state index in [1.54, 1.807) is 6.07 Å². The lowest BCUT2D eigenvalue weighted by Gasteiger charge is -2.03. The van der Waals surface area contributed by atoms with Crippen molar-refractivity contribution in [2.24, 2.45) is 0 Å². The smallest absolute Gasteiger partial charge is 0.344 e. The van der Waals surface area contributed by atoms with Crippen LogP contribution in [0.5, 0.6) is 0 Å². The lowest BCUT2D eigenvalue weighted by atomic mass is 10.1. The van der Waals surface area contributed by atoms with Gasteiger partial charge in [-0.15, -0.1) is 0 Å². The number of hydrogen-bond donors (Lipinski definition) is 0. The number of ether oxygens (including phenoxy) is 2. The monoisotopic (exact) mass is 280 g/mol. The predicted molar refractivity (Wildman–Crippen MR) is 80.5 cm³/mol. The van der Waals surface area contributed by atoms with Gasteiger partial charge in [0.1, 0.15) is 5.76 Å². The standard InChI is InChI=1S/C18H16O3/c19-18-16-10-5-4-9-15(16)17(21-18)11-6-12-20-13-14-7-2-1-3-8-14/h1-5,7-11H,6,12-13H2. The number of hydrogen-bond acceptors (Lipinski definition) is 3. The molecule has 0 saturated heterocycles. The Kier molecular flexibility index (Phi) is 4.12. The highest BCUT2D eigenvalue weighted by molar-refractivity contribution is 6.02. The molecule has 0 spiro atoms. The van der Waals surface area contributed by atoms with E-state index in [-0.39, 0.29) is 5.97 Å². The first-order chi connectivity index (χ1) is 10.3. The second kappa shape index (κ2) is 6.37. The highest BCUT2D eigenvalue weighted by Crippen LogP contribution is 2.29. The Morgan fingerprint density at radius 1 is 0.952 bits per heavy atom. The van der Waals surface area contributed by atoms with Crippen LogP contribution in [0.1, 0.15) is 27.9 Å². The van der Waals surface area contributed by atoms with E-state index < -0.39 is 0 Å². The van der Waals surface area contributed by atoms with Crippen molar-refractivity contribution in [3.8, 4) is 0 Å². The lowest BCUT2D eigenvalue weighted by molar-refractivity contribution is 0.0714. The molecule has 3 rings (SSSR count). The van der Waals surface area contributed by atoms with Crippen molar-refractivity contribution < 1.29 is 14.3 Å². The Bertz CT molecular complexity index is 659. The Morgan fingerprint density at radius 3 is 2.48 bits per heavy atom. The third kappa shape index (κ3) is 3.20. The molecule has 3 nitrogen and oxygen atoms in total. The normalized spacial score (nSPS) is 15.0. The molecule has 2 aromatic rings. The average Bonchev–Trinajstić information content (AvgIpc) is 2.85. The van der Waals surface area contributed by atoms with Crippen molar-refractivity contribution in [2.45, 2.75) is 13.0 Å². The van der Waals surface area contributed by atoms with Gasteiger partial charge in [-0.25, -0.2) is 4.79 Å². The van der Waals surface area contributed by atoms with Crippen molar-refractivity contribution >= 4 is 11.7 Å². The van der Waals surface area contributed by atoms with Crippen LogP contribution in [-0.4, -0.2) is 12.6 Å². The van der Waals surface area contributed by atoms with Gasteiger partial charge in [0.15, 0.2) is 0 Å². The highest BCUT2D eigenvalue weighted by atomic mass is 16.5. The maximum Gasteiger partial charge on any atom is 0.344 e. The van der Waals surface area contributed by atoms with Crippen molar-refractivity contribution in [3.63, 3.8) is 0 Å². The fourth-order valence-electron chi connectivity index (χ4n) is 2.28. The van der Waals surface area contributed by atoms with Crippen LogP contribution < -0.4 is 0 Å². The number of cyclic esters (lactones) is 1. The van der Waals surface area contributed by atoms with E-state index in [4.69, 9.17) is 9.47 Å². The number of rotatable bonds is 5. The lowest BCUT2D eigenvalue weighted by Crippen LogP contribution is -1.95. The first-order valence-electron chi connectivity index (χ1n) is 6.98. The predicted octanol–water partition coefficient (Wildman–Crippen LogP) is 3.80. The minimum absolute atomic E-state index is 0.276. The van der Waals surface area contributed by atoms with Crippen LogP contribution in [0.4, 0.5) is 0 Å². The minimum atomic E-state index is -0.276. The summed E-state index contributed by atoms with van der Waals surface area (Å²) >= 11 is 0. The van der Waals surface area contributed by atoms with Crippen molar-refractivity contribution in [2.75, 3.05) is 6.61 Å². The third-order valence-corrected chi connectivity index (χ3v) is 3.32. The minimum Gasteiger partial charge on any atom is -0.423 e. The molecule has 0 fully saturated rings. The van der Waals surface area contributed by atoms with Gasteiger partial charge in [-0.1, -0.05) is 48.5 Å². The second-order valence-electron chi connectivity index (χ2n) is 4.83. The second-order valence-corrected chi connectivity index (χ2v) is 4.83. The topological polar surface area (TPSA) is 35.5 Å². The van der Waals surface area contributed by atoms with Crippen molar-refractivity contribution in [3.05, 3.63) is 77.4 Å². The molecule has 0 bridgehead atoms. The van der Waals surface area contributed by atoms with Crippen LogP contribution in [0.2, 0.25) is 0 Å². The molecular weight excluding hydrogens is 264 g/mol. The molecule has 0 atom stereocenters. The molecule has 0 radical (unpaired) electrons. The Morgan fingerprint density at radius 2 is 1.67 bits per heavy atom. The Labute approximate surface area is 123 Å². The van der Waals surface area contributed by atoms with E-state index in [2.05, 4.69) is 0 Å². The first kappa shape index (κ1) is 13.6. The molecule has 1 aliphatic heterocycles. The van der Waals surface area contributed by atoms with E-state index in [0.29, 0.717) is 31.0 Å². The zero-order chi connectivity index (χ0) is 14.5. The maximum atomic E-state index is 11.7. The van der Waals surface area contributed by atoms with E-state index in [1.165, 1.54) is 0 Å². The maximum absolute atomic E-state index is 11.7. The summed E-state index contributed by atoms with van der Waals surface area (Å²) in [4.78, 5) is 11.7. The fraction of sp³-hybridized carbons (Fsp3) is 0.167. The van der Waals surface area contributed by atoms with Gasteiger partial charge in [0, 0.05) is 5.56 Å². The van der Waals surface area contributed by atoms with Crippen LogP contribution >= 0.6 is 0 Å². The third-order valence-electron chi connectivity index (χ3n) is 3.32. The molecule has 0 aromatic heterocycles. The van der Waals surface area contributed by atoms with E-state index in [1.807, 2.05) is 54.6 Å². The molecule has 106 valence electrons. The quantitative estimate of drug-likeness (QED) is 0.617. The van der Waals surface area contributed by atoms with Gasteiger partial charge >= 0.3 is 5.97 Å². The molecule has 0 unspecified atom stereocenters. The number of carbonyl (C=O) groups excluding carboxylic acids is 1. The number of esters is 1. The van der Waals surface area contributed by atoms with Gasteiger partial charge in [-0.05, 0) is 24.1 Å². The van der Waals surface area contributed by atoms with Gasteiger partial charge in [0.25, 0.3) is 0 Å². The van der Waals surface area contributed by atoms with Crippen LogP contribution in [0.3, 0.4) is 0 Å².